The van der Waals surface area contributed by atoms with Gasteiger partial charge < -0.3 is 20.7 Å². The number of fused-ring (bicyclic) bond motifs is 1. The van der Waals surface area contributed by atoms with E-state index in [1.54, 1.807) is 19.2 Å². The highest BCUT2D eigenvalue weighted by Crippen LogP contribution is 2.28. The molecule has 0 aliphatic carbocycles. The summed E-state index contributed by atoms with van der Waals surface area (Å²) in [4.78, 5) is 23.4. The zero-order chi connectivity index (χ0) is 12.4. The molecule has 90 valence electrons. The Morgan fingerprint density at radius 2 is 2.35 bits per heavy atom. The van der Waals surface area contributed by atoms with Crippen LogP contribution in [0.5, 0.6) is 5.75 Å². The van der Waals surface area contributed by atoms with Crippen LogP contribution >= 0.6 is 0 Å². The molecule has 0 saturated carbocycles. The molecule has 1 aliphatic heterocycles. The number of ether oxygens (including phenoxy) is 1. The Balaban J connectivity index is 2.18. The van der Waals surface area contributed by atoms with Crippen molar-refractivity contribution in [2.45, 2.75) is 6.54 Å². The topological polar surface area (TPSA) is 84.7 Å². The molecule has 0 fully saturated rings. The first-order valence-corrected chi connectivity index (χ1v) is 5.12. The molecule has 0 radical (unpaired) electrons. The van der Waals surface area contributed by atoms with Crippen LogP contribution in [0.1, 0.15) is 5.56 Å². The van der Waals surface area contributed by atoms with Crippen molar-refractivity contribution in [2.24, 2.45) is 5.73 Å². The molecule has 2 rings (SSSR count). The van der Waals surface area contributed by atoms with Crippen molar-refractivity contribution in [1.82, 2.24) is 4.90 Å². The smallest absolute Gasteiger partial charge is 0.314 e. The van der Waals surface area contributed by atoms with E-state index in [1.165, 1.54) is 4.90 Å². The number of urea groups is 1. The zero-order valence-corrected chi connectivity index (χ0v) is 9.40. The number of rotatable bonds is 2. The maximum Gasteiger partial charge on any atom is 0.314 e. The van der Waals surface area contributed by atoms with Crippen molar-refractivity contribution in [3.63, 3.8) is 0 Å². The van der Waals surface area contributed by atoms with Crippen molar-refractivity contribution in [3.05, 3.63) is 23.8 Å². The lowest BCUT2D eigenvalue weighted by molar-refractivity contribution is -0.118. The van der Waals surface area contributed by atoms with Crippen LogP contribution in [0, 0.1) is 0 Å². The average Bonchev–Trinajstić information content (AvgIpc) is 2.28. The zero-order valence-electron chi connectivity index (χ0n) is 9.40. The monoisotopic (exact) mass is 235 g/mol. The normalized spacial score (nSPS) is 13.4. The number of nitrogens with zero attached hydrogens (tertiary/aromatic N) is 1. The lowest BCUT2D eigenvalue weighted by Gasteiger charge is -2.20. The van der Waals surface area contributed by atoms with E-state index in [0.717, 1.165) is 5.56 Å². The standard InChI is InChI=1S/C11H13N3O3/c1-14(11(12)16)5-7-2-3-9-8(4-7)13-10(15)6-17-9/h2-4H,5-6H2,1H3,(H2,12,16)(H,13,15). The van der Waals surface area contributed by atoms with Crippen molar-refractivity contribution in [1.29, 1.82) is 0 Å². The van der Waals surface area contributed by atoms with Gasteiger partial charge in [-0.2, -0.15) is 0 Å². The molecule has 0 atom stereocenters. The summed E-state index contributed by atoms with van der Waals surface area (Å²) in [5.41, 5.74) is 6.63. The minimum atomic E-state index is -0.497. The van der Waals surface area contributed by atoms with Gasteiger partial charge in [-0.15, -0.1) is 0 Å². The second-order valence-electron chi connectivity index (χ2n) is 3.86. The molecule has 6 nitrogen and oxygen atoms in total. The summed E-state index contributed by atoms with van der Waals surface area (Å²) in [7, 11) is 1.61. The molecular weight excluding hydrogens is 222 g/mol. The number of primary amides is 1. The van der Waals surface area contributed by atoms with E-state index in [-0.39, 0.29) is 12.5 Å². The number of carbonyl (C=O) groups excluding carboxylic acids is 2. The molecule has 0 saturated heterocycles. The molecule has 3 amide bonds. The molecule has 0 spiro atoms. The van der Waals surface area contributed by atoms with E-state index in [1.807, 2.05) is 6.07 Å². The molecule has 0 aromatic heterocycles. The molecular formula is C11H13N3O3. The molecule has 1 aliphatic rings. The third-order valence-corrected chi connectivity index (χ3v) is 2.47. The Labute approximate surface area is 98.3 Å². The maximum absolute atomic E-state index is 11.1. The van der Waals surface area contributed by atoms with Gasteiger partial charge in [0, 0.05) is 13.6 Å². The van der Waals surface area contributed by atoms with Crippen LogP contribution in [0.2, 0.25) is 0 Å². The van der Waals surface area contributed by atoms with Gasteiger partial charge in [0.05, 0.1) is 5.69 Å². The predicted octanol–water partition coefficient (Wildman–Crippen LogP) is 0.528. The quantitative estimate of drug-likeness (QED) is 0.784. The number of nitrogens with two attached hydrogens (primary N) is 1. The Kier molecular flexibility index (Phi) is 2.86. The van der Waals surface area contributed by atoms with Gasteiger partial charge in [0.2, 0.25) is 0 Å². The van der Waals surface area contributed by atoms with E-state index in [4.69, 9.17) is 10.5 Å². The summed E-state index contributed by atoms with van der Waals surface area (Å²) in [6.45, 7) is 0.423. The number of carbonyl (C=O) groups is 2. The number of nitrogens with one attached hydrogen (secondary N) is 1. The largest absolute Gasteiger partial charge is 0.482 e. The lowest BCUT2D eigenvalue weighted by Crippen LogP contribution is -2.31. The van der Waals surface area contributed by atoms with Gasteiger partial charge in [0.1, 0.15) is 5.75 Å². The Hall–Kier alpha value is -2.24. The Bertz CT molecular complexity index is 473. The highest BCUT2D eigenvalue weighted by atomic mass is 16.5. The Morgan fingerprint density at radius 3 is 3.06 bits per heavy atom. The Morgan fingerprint density at radius 1 is 1.59 bits per heavy atom. The van der Waals surface area contributed by atoms with Crippen molar-refractivity contribution in [2.75, 3.05) is 19.0 Å². The van der Waals surface area contributed by atoms with Gasteiger partial charge in [-0.05, 0) is 17.7 Å². The summed E-state index contributed by atoms with van der Waals surface area (Å²) in [6, 6.07) is 4.86. The summed E-state index contributed by atoms with van der Waals surface area (Å²) in [5.74, 6) is 0.452. The first-order chi connectivity index (χ1) is 8.06. The van der Waals surface area contributed by atoms with E-state index in [9.17, 15) is 9.59 Å². The summed E-state index contributed by atoms with van der Waals surface area (Å²) in [6.07, 6.45) is 0. The van der Waals surface area contributed by atoms with Crippen LogP contribution in [0.4, 0.5) is 10.5 Å². The second kappa shape index (κ2) is 4.32. The van der Waals surface area contributed by atoms with E-state index in [0.29, 0.717) is 18.0 Å². The second-order valence-corrected chi connectivity index (χ2v) is 3.86. The minimum Gasteiger partial charge on any atom is -0.482 e. The predicted molar refractivity (Wildman–Crippen MR) is 61.6 cm³/mol. The first-order valence-electron chi connectivity index (χ1n) is 5.12. The number of anilines is 1. The van der Waals surface area contributed by atoms with Crippen molar-refractivity contribution in [3.8, 4) is 5.75 Å². The number of hydrogen-bond acceptors (Lipinski definition) is 3. The van der Waals surface area contributed by atoms with Crippen LogP contribution in [0.3, 0.4) is 0 Å². The first kappa shape index (κ1) is 11.3. The summed E-state index contributed by atoms with van der Waals surface area (Å²) in [5, 5.41) is 2.70. The van der Waals surface area contributed by atoms with Crippen LogP contribution in [0.25, 0.3) is 0 Å². The fraction of sp³-hybridized carbons (Fsp3) is 0.273. The SMILES string of the molecule is CN(Cc1ccc2c(c1)NC(=O)CO2)C(N)=O. The van der Waals surface area contributed by atoms with Gasteiger partial charge >= 0.3 is 6.03 Å². The maximum atomic E-state index is 11.1. The molecule has 1 aromatic rings. The van der Waals surface area contributed by atoms with E-state index in [2.05, 4.69) is 5.32 Å². The van der Waals surface area contributed by atoms with E-state index < -0.39 is 6.03 Å². The van der Waals surface area contributed by atoms with Gasteiger partial charge in [-0.25, -0.2) is 4.79 Å². The number of benzene rings is 1. The minimum absolute atomic E-state index is 0.0353. The molecule has 6 heteroatoms. The molecule has 0 bridgehead atoms. The summed E-state index contributed by atoms with van der Waals surface area (Å²) < 4.78 is 5.23. The molecule has 17 heavy (non-hydrogen) atoms. The highest BCUT2D eigenvalue weighted by molar-refractivity contribution is 5.95. The van der Waals surface area contributed by atoms with Crippen LogP contribution in [-0.4, -0.2) is 30.5 Å². The van der Waals surface area contributed by atoms with Gasteiger partial charge in [-0.3, -0.25) is 4.79 Å². The third kappa shape index (κ3) is 2.47. The molecule has 1 heterocycles. The fourth-order valence-corrected chi connectivity index (χ4v) is 1.58. The third-order valence-electron chi connectivity index (χ3n) is 2.47. The van der Waals surface area contributed by atoms with Crippen LogP contribution in [-0.2, 0) is 11.3 Å². The van der Waals surface area contributed by atoms with Crippen molar-refractivity contribution >= 4 is 17.6 Å². The lowest BCUT2D eigenvalue weighted by atomic mass is 10.1. The van der Waals surface area contributed by atoms with Crippen molar-refractivity contribution < 1.29 is 14.3 Å². The van der Waals surface area contributed by atoms with Gasteiger partial charge in [0.25, 0.3) is 5.91 Å². The van der Waals surface area contributed by atoms with Gasteiger partial charge in [-0.1, -0.05) is 6.07 Å². The summed E-state index contributed by atoms with van der Waals surface area (Å²) >= 11 is 0. The number of amides is 3. The van der Waals surface area contributed by atoms with Gasteiger partial charge in [0.15, 0.2) is 6.61 Å². The highest BCUT2D eigenvalue weighted by Gasteiger charge is 2.16. The average molecular weight is 235 g/mol. The van der Waals surface area contributed by atoms with E-state index >= 15 is 0 Å². The molecule has 0 unspecified atom stereocenters. The molecule has 1 aromatic carbocycles. The fourth-order valence-electron chi connectivity index (χ4n) is 1.58. The molecule has 3 N–H and O–H groups in total. The number of hydrogen-bond donors (Lipinski definition) is 2. The van der Waals surface area contributed by atoms with Crippen LogP contribution in [0.15, 0.2) is 18.2 Å². The van der Waals surface area contributed by atoms with Crippen LogP contribution < -0.4 is 15.8 Å².